The van der Waals surface area contributed by atoms with E-state index in [-0.39, 0.29) is 5.78 Å². The van der Waals surface area contributed by atoms with Gasteiger partial charge in [0.05, 0.1) is 18.8 Å². The smallest absolute Gasteiger partial charge is 0.163 e. The summed E-state index contributed by atoms with van der Waals surface area (Å²) in [5.74, 6) is 1.42. The van der Waals surface area contributed by atoms with Gasteiger partial charge >= 0.3 is 0 Å². The molecule has 0 aromatic heterocycles. The second-order valence-electron chi connectivity index (χ2n) is 8.91. The van der Waals surface area contributed by atoms with Gasteiger partial charge < -0.3 is 29.1 Å². The van der Waals surface area contributed by atoms with Crippen LogP contribution in [0.4, 0.5) is 0 Å². The Morgan fingerprint density at radius 3 is 1.84 bits per heavy atom. The minimum absolute atomic E-state index is 0.0111. The predicted molar refractivity (Wildman–Crippen MR) is 125 cm³/mol. The number of benzene rings is 1. The highest BCUT2D eigenvalue weighted by Crippen LogP contribution is 2.25. The zero-order chi connectivity index (χ0) is 22.1. The van der Waals surface area contributed by atoms with Crippen molar-refractivity contribution in [3.8, 4) is 11.5 Å². The van der Waals surface area contributed by atoms with Crippen LogP contribution in [0.5, 0.6) is 11.5 Å². The van der Waals surface area contributed by atoms with Gasteiger partial charge in [0.25, 0.3) is 0 Å². The van der Waals surface area contributed by atoms with Gasteiger partial charge in [-0.3, -0.25) is 4.79 Å². The lowest BCUT2D eigenvalue weighted by atomic mass is 10.1. The number of ether oxygens (including phenoxy) is 2. The molecule has 0 radical (unpaired) electrons. The van der Waals surface area contributed by atoms with Crippen LogP contribution >= 0.6 is 0 Å². The molecule has 2 heterocycles. The molecule has 2 fully saturated rings. The van der Waals surface area contributed by atoms with E-state index in [4.69, 9.17) is 9.47 Å². The Labute approximate surface area is 187 Å². The van der Waals surface area contributed by atoms with Crippen LogP contribution in [0.1, 0.15) is 30.1 Å². The highest BCUT2D eigenvalue weighted by atomic mass is 16.5. The van der Waals surface area contributed by atoms with E-state index in [0.717, 1.165) is 84.0 Å². The van der Waals surface area contributed by atoms with Crippen LogP contribution in [0.15, 0.2) is 18.2 Å². The van der Waals surface area contributed by atoms with E-state index in [1.54, 1.807) is 6.92 Å². The number of rotatable bonds is 11. The number of piperazine rings is 2. The highest BCUT2D eigenvalue weighted by Gasteiger charge is 2.15. The fourth-order valence-electron chi connectivity index (χ4n) is 4.09. The standard InChI is InChI=1S/C24H40N4O3/c1-21(29)23-20-22(30-18-4-8-27-14-10-25(2)11-15-27)6-7-24(23)31-19-5-9-28-16-12-26(3)13-17-28/h6-7,20H,4-5,8-19H2,1-3H3. The lowest BCUT2D eigenvalue weighted by molar-refractivity contribution is 0.101. The Bertz CT molecular complexity index is 683. The molecule has 0 aliphatic carbocycles. The average Bonchev–Trinajstić information content (AvgIpc) is 2.77. The minimum atomic E-state index is 0.0111. The van der Waals surface area contributed by atoms with Gasteiger partial charge in [-0.05, 0) is 52.1 Å². The van der Waals surface area contributed by atoms with E-state index in [0.29, 0.717) is 24.5 Å². The zero-order valence-corrected chi connectivity index (χ0v) is 19.6. The largest absolute Gasteiger partial charge is 0.494 e. The molecule has 0 spiro atoms. The fraction of sp³-hybridized carbons (Fsp3) is 0.708. The second-order valence-corrected chi connectivity index (χ2v) is 8.91. The number of Topliss-reactive ketones (excluding diaryl/α,β-unsaturated/α-hetero) is 1. The summed E-state index contributed by atoms with van der Waals surface area (Å²) in [5, 5.41) is 0. The molecule has 7 nitrogen and oxygen atoms in total. The van der Waals surface area contributed by atoms with Crippen LogP contribution in [-0.4, -0.2) is 118 Å². The van der Waals surface area contributed by atoms with Crippen molar-refractivity contribution in [2.24, 2.45) is 0 Å². The molecular weight excluding hydrogens is 392 g/mol. The van der Waals surface area contributed by atoms with E-state index in [2.05, 4.69) is 33.7 Å². The Balaban J connectivity index is 1.38. The SMILES string of the molecule is CC(=O)c1cc(OCCCN2CCN(C)CC2)ccc1OCCCN1CCN(C)CC1. The van der Waals surface area contributed by atoms with Gasteiger partial charge in [-0.25, -0.2) is 0 Å². The van der Waals surface area contributed by atoms with Crippen LogP contribution in [0.25, 0.3) is 0 Å². The Morgan fingerprint density at radius 1 is 0.806 bits per heavy atom. The summed E-state index contributed by atoms with van der Waals surface area (Å²) in [6.07, 6.45) is 1.95. The predicted octanol–water partition coefficient (Wildman–Crippen LogP) is 1.92. The van der Waals surface area contributed by atoms with Crippen molar-refractivity contribution in [2.75, 3.05) is 92.8 Å². The molecule has 1 aromatic carbocycles. The summed E-state index contributed by atoms with van der Waals surface area (Å²) in [6.45, 7) is 14.0. The van der Waals surface area contributed by atoms with Crippen molar-refractivity contribution < 1.29 is 14.3 Å². The third-order valence-electron chi connectivity index (χ3n) is 6.29. The maximum absolute atomic E-state index is 12.1. The molecule has 2 aliphatic heterocycles. The van der Waals surface area contributed by atoms with Crippen molar-refractivity contribution in [3.05, 3.63) is 23.8 Å². The van der Waals surface area contributed by atoms with Gasteiger partial charge in [0.1, 0.15) is 11.5 Å². The first-order valence-electron chi connectivity index (χ1n) is 11.7. The van der Waals surface area contributed by atoms with Crippen LogP contribution in [0, 0.1) is 0 Å². The van der Waals surface area contributed by atoms with Gasteiger partial charge in [0.2, 0.25) is 0 Å². The van der Waals surface area contributed by atoms with Gasteiger partial charge in [-0.2, -0.15) is 0 Å². The number of hydrogen-bond acceptors (Lipinski definition) is 7. The Kier molecular flexibility index (Phi) is 9.58. The quantitative estimate of drug-likeness (QED) is 0.391. The maximum Gasteiger partial charge on any atom is 0.163 e. The molecule has 0 atom stereocenters. The molecule has 7 heteroatoms. The number of carbonyl (C=O) groups is 1. The second kappa shape index (κ2) is 12.4. The molecule has 0 N–H and O–H groups in total. The van der Waals surface area contributed by atoms with Gasteiger partial charge in [-0.1, -0.05) is 0 Å². The third-order valence-corrected chi connectivity index (χ3v) is 6.29. The molecule has 2 aliphatic rings. The summed E-state index contributed by atoms with van der Waals surface area (Å²) >= 11 is 0. The Morgan fingerprint density at radius 2 is 1.32 bits per heavy atom. The number of carbonyl (C=O) groups excluding carboxylic acids is 1. The molecule has 0 amide bonds. The van der Waals surface area contributed by atoms with Crippen LogP contribution in [0.2, 0.25) is 0 Å². The minimum Gasteiger partial charge on any atom is -0.494 e. The van der Waals surface area contributed by atoms with Crippen molar-refractivity contribution in [1.29, 1.82) is 0 Å². The molecular formula is C24H40N4O3. The van der Waals surface area contributed by atoms with Crippen LogP contribution in [-0.2, 0) is 0 Å². The monoisotopic (exact) mass is 432 g/mol. The lowest BCUT2D eigenvalue weighted by Crippen LogP contribution is -2.44. The topological polar surface area (TPSA) is 48.5 Å². The summed E-state index contributed by atoms with van der Waals surface area (Å²) in [4.78, 5) is 21.8. The van der Waals surface area contributed by atoms with E-state index in [1.807, 2.05) is 18.2 Å². The molecule has 0 unspecified atom stereocenters. The van der Waals surface area contributed by atoms with Crippen LogP contribution in [0.3, 0.4) is 0 Å². The van der Waals surface area contributed by atoms with Gasteiger partial charge in [0.15, 0.2) is 5.78 Å². The summed E-state index contributed by atoms with van der Waals surface area (Å²) < 4.78 is 11.9. The third kappa shape index (κ3) is 8.07. The van der Waals surface area contributed by atoms with Crippen molar-refractivity contribution in [1.82, 2.24) is 19.6 Å². The molecule has 1 aromatic rings. The number of nitrogens with zero attached hydrogens (tertiary/aromatic N) is 4. The first-order chi connectivity index (χ1) is 15.0. The summed E-state index contributed by atoms with van der Waals surface area (Å²) in [7, 11) is 4.35. The summed E-state index contributed by atoms with van der Waals surface area (Å²) in [5.41, 5.74) is 0.608. The molecule has 31 heavy (non-hydrogen) atoms. The first kappa shape index (κ1) is 24.0. The molecule has 0 bridgehead atoms. The van der Waals surface area contributed by atoms with E-state index in [9.17, 15) is 4.79 Å². The van der Waals surface area contributed by atoms with E-state index < -0.39 is 0 Å². The molecule has 0 saturated carbocycles. The number of ketones is 1. The molecule has 3 rings (SSSR count). The number of hydrogen-bond donors (Lipinski definition) is 0. The van der Waals surface area contributed by atoms with E-state index >= 15 is 0 Å². The number of likely N-dealkylation sites (N-methyl/N-ethyl adjacent to an activating group) is 2. The van der Waals surface area contributed by atoms with Crippen molar-refractivity contribution >= 4 is 5.78 Å². The van der Waals surface area contributed by atoms with Crippen LogP contribution < -0.4 is 9.47 Å². The summed E-state index contributed by atoms with van der Waals surface area (Å²) in [6, 6.07) is 5.62. The van der Waals surface area contributed by atoms with Gasteiger partial charge in [0, 0.05) is 65.4 Å². The lowest BCUT2D eigenvalue weighted by Gasteiger charge is -2.32. The zero-order valence-electron chi connectivity index (χ0n) is 19.6. The molecule has 174 valence electrons. The van der Waals surface area contributed by atoms with Crippen molar-refractivity contribution in [2.45, 2.75) is 19.8 Å². The first-order valence-corrected chi connectivity index (χ1v) is 11.7. The fourth-order valence-corrected chi connectivity index (χ4v) is 4.09. The Hall–Kier alpha value is -1.67. The van der Waals surface area contributed by atoms with E-state index in [1.165, 1.54) is 0 Å². The highest BCUT2D eigenvalue weighted by molar-refractivity contribution is 5.97. The van der Waals surface area contributed by atoms with Gasteiger partial charge in [-0.15, -0.1) is 0 Å². The molecule has 2 saturated heterocycles. The maximum atomic E-state index is 12.1. The van der Waals surface area contributed by atoms with Crippen molar-refractivity contribution in [3.63, 3.8) is 0 Å². The average molecular weight is 433 g/mol. The normalized spacial score (nSPS) is 19.5.